The molecular weight excluding hydrogens is 346 g/mol. The SMILES string of the molecule is COCC(=O)N1CC[C@@]2(NC(C)=O)CN(C(C)=O)[C@H](c3ccccc3)[C@H]2C1. The Morgan fingerprint density at radius 3 is 2.52 bits per heavy atom. The van der Waals surface area contributed by atoms with Gasteiger partial charge in [-0.15, -0.1) is 0 Å². The van der Waals surface area contributed by atoms with Gasteiger partial charge in [0, 0.05) is 46.5 Å². The summed E-state index contributed by atoms with van der Waals surface area (Å²) >= 11 is 0. The topological polar surface area (TPSA) is 79.0 Å². The zero-order valence-electron chi connectivity index (χ0n) is 16.1. The predicted octanol–water partition coefficient (Wildman–Crippen LogP) is 0.960. The first kappa shape index (κ1) is 19.4. The summed E-state index contributed by atoms with van der Waals surface area (Å²) in [6.07, 6.45) is 0.611. The summed E-state index contributed by atoms with van der Waals surface area (Å²) in [6, 6.07) is 9.65. The van der Waals surface area contributed by atoms with E-state index in [2.05, 4.69) is 5.32 Å². The molecule has 1 aromatic carbocycles. The lowest BCUT2D eigenvalue weighted by molar-refractivity contribution is -0.138. The molecular formula is C20H27N3O4. The molecule has 3 amide bonds. The number of nitrogens with one attached hydrogen (secondary N) is 1. The standard InChI is InChI=1S/C20H27N3O4/c1-14(24)21-20-9-10-22(18(26)12-27-3)11-17(20)19(23(13-20)15(2)25)16-7-5-4-6-8-16/h4-8,17,19H,9-13H2,1-3H3,(H,21,24)/t17-,19-,20-/m1/s1. The van der Waals surface area contributed by atoms with Gasteiger partial charge in [0.05, 0.1) is 11.6 Å². The Morgan fingerprint density at radius 1 is 1.22 bits per heavy atom. The monoisotopic (exact) mass is 373 g/mol. The molecule has 0 unspecified atom stereocenters. The molecule has 2 aliphatic heterocycles. The Hall–Kier alpha value is -2.41. The Bertz CT molecular complexity index is 723. The molecule has 1 N–H and O–H groups in total. The van der Waals surface area contributed by atoms with Gasteiger partial charge in [-0.1, -0.05) is 30.3 Å². The van der Waals surface area contributed by atoms with Crippen molar-refractivity contribution in [2.45, 2.75) is 31.8 Å². The van der Waals surface area contributed by atoms with Crippen molar-refractivity contribution < 1.29 is 19.1 Å². The second-order valence-electron chi connectivity index (χ2n) is 7.47. The van der Waals surface area contributed by atoms with Crippen LogP contribution in [0.2, 0.25) is 0 Å². The Balaban J connectivity index is 2.00. The maximum absolute atomic E-state index is 12.4. The lowest BCUT2D eigenvalue weighted by atomic mass is 9.75. The van der Waals surface area contributed by atoms with E-state index in [9.17, 15) is 14.4 Å². The van der Waals surface area contributed by atoms with Crippen LogP contribution < -0.4 is 5.32 Å². The number of benzene rings is 1. The minimum atomic E-state index is -0.526. The quantitative estimate of drug-likeness (QED) is 0.853. The third kappa shape index (κ3) is 3.69. The van der Waals surface area contributed by atoms with E-state index in [0.717, 1.165) is 5.56 Å². The van der Waals surface area contributed by atoms with E-state index in [1.807, 2.05) is 35.2 Å². The van der Waals surface area contributed by atoms with Gasteiger partial charge >= 0.3 is 0 Å². The highest BCUT2D eigenvalue weighted by molar-refractivity contribution is 5.79. The summed E-state index contributed by atoms with van der Waals surface area (Å²) in [4.78, 5) is 40.4. The summed E-state index contributed by atoms with van der Waals surface area (Å²) in [5.74, 6) is -0.295. The van der Waals surface area contributed by atoms with Crippen LogP contribution in [-0.4, -0.2) is 66.4 Å². The molecule has 3 rings (SSSR count). The van der Waals surface area contributed by atoms with Gasteiger partial charge in [0.25, 0.3) is 0 Å². The van der Waals surface area contributed by atoms with Gasteiger partial charge in [0.15, 0.2) is 0 Å². The van der Waals surface area contributed by atoms with Gasteiger partial charge in [-0.3, -0.25) is 14.4 Å². The molecule has 0 spiro atoms. The molecule has 2 aliphatic rings. The molecule has 0 aliphatic carbocycles. The Kier molecular flexibility index (Phi) is 5.51. The molecule has 2 heterocycles. The average molecular weight is 373 g/mol. The molecule has 7 heteroatoms. The van der Waals surface area contributed by atoms with Gasteiger partial charge in [0.2, 0.25) is 17.7 Å². The van der Waals surface area contributed by atoms with Gasteiger partial charge < -0.3 is 19.9 Å². The molecule has 2 saturated heterocycles. The lowest BCUT2D eigenvalue weighted by Crippen LogP contribution is -2.62. The van der Waals surface area contributed by atoms with Crippen LogP contribution in [0, 0.1) is 5.92 Å². The molecule has 1 aromatic rings. The molecule has 0 saturated carbocycles. The summed E-state index contributed by atoms with van der Waals surface area (Å²) < 4.78 is 5.00. The van der Waals surface area contributed by atoms with Crippen molar-refractivity contribution in [3.8, 4) is 0 Å². The van der Waals surface area contributed by atoms with Crippen molar-refractivity contribution in [1.82, 2.24) is 15.1 Å². The van der Waals surface area contributed by atoms with E-state index in [1.165, 1.54) is 14.0 Å². The Morgan fingerprint density at radius 2 is 1.93 bits per heavy atom. The van der Waals surface area contributed by atoms with Crippen molar-refractivity contribution in [1.29, 1.82) is 0 Å². The highest BCUT2D eigenvalue weighted by Crippen LogP contribution is 2.47. The summed E-state index contributed by atoms with van der Waals surface area (Å²) in [6.45, 7) is 4.56. The molecule has 146 valence electrons. The fraction of sp³-hybridized carbons (Fsp3) is 0.550. The van der Waals surface area contributed by atoms with Gasteiger partial charge in [-0.2, -0.15) is 0 Å². The van der Waals surface area contributed by atoms with Crippen LogP contribution >= 0.6 is 0 Å². The second kappa shape index (κ2) is 7.68. The summed E-state index contributed by atoms with van der Waals surface area (Å²) in [7, 11) is 1.50. The third-order valence-corrected chi connectivity index (χ3v) is 5.72. The van der Waals surface area contributed by atoms with E-state index in [0.29, 0.717) is 26.1 Å². The molecule has 0 radical (unpaired) electrons. The summed E-state index contributed by atoms with van der Waals surface area (Å²) in [5.41, 5.74) is 0.493. The van der Waals surface area contributed by atoms with Crippen molar-refractivity contribution in [3.63, 3.8) is 0 Å². The van der Waals surface area contributed by atoms with E-state index in [4.69, 9.17) is 4.74 Å². The fourth-order valence-corrected chi connectivity index (χ4v) is 4.60. The number of nitrogens with zero attached hydrogens (tertiary/aromatic N) is 2. The highest BCUT2D eigenvalue weighted by Gasteiger charge is 2.56. The van der Waals surface area contributed by atoms with Crippen LogP contribution in [0.25, 0.3) is 0 Å². The molecule has 7 nitrogen and oxygen atoms in total. The molecule has 27 heavy (non-hydrogen) atoms. The van der Waals surface area contributed by atoms with Crippen LogP contribution in [0.1, 0.15) is 31.9 Å². The number of likely N-dealkylation sites (tertiary alicyclic amines) is 2. The number of methoxy groups -OCH3 is 1. The van der Waals surface area contributed by atoms with Crippen LogP contribution in [0.5, 0.6) is 0 Å². The molecule has 0 aromatic heterocycles. The number of rotatable bonds is 4. The van der Waals surface area contributed by atoms with E-state index < -0.39 is 5.54 Å². The van der Waals surface area contributed by atoms with Crippen LogP contribution in [0.4, 0.5) is 0 Å². The number of piperidine rings is 1. The van der Waals surface area contributed by atoms with Gasteiger partial charge in [-0.05, 0) is 12.0 Å². The minimum Gasteiger partial charge on any atom is -0.375 e. The number of fused-ring (bicyclic) bond motifs is 1. The zero-order chi connectivity index (χ0) is 19.6. The zero-order valence-corrected chi connectivity index (χ0v) is 16.1. The predicted molar refractivity (Wildman–Crippen MR) is 99.7 cm³/mol. The van der Waals surface area contributed by atoms with Crippen molar-refractivity contribution in [2.24, 2.45) is 5.92 Å². The van der Waals surface area contributed by atoms with Crippen molar-refractivity contribution in [2.75, 3.05) is 33.4 Å². The number of hydrogen-bond donors (Lipinski definition) is 1. The van der Waals surface area contributed by atoms with Crippen LogP contribution in [0.3, 0.4) is 0 Å². The van der Waals surface area contributed by atoms with Crippen LogP contribution in [0.15, 0.2) is 30.3 Å². The first-order chi connectivity index (χ1) is 12.9. The highest BCUT2D eigenvalue weighted by atomic mass is 16.5. The largest absolute Gasteiger partial charge is 0.375 e. The fourth-order valence-electron chi connectivity index (χ4n) is 4.60. The third-order valence-electron chi connectivity index (χ3n) is 5.72. The normalized spacial score (nSPS) is 27.2. The minimum absolute atomic E-state index is 0.0299. The number of amides is 3. The Labute approximate surface area is 159 Å². The molecule has 0 bridgehead atoms. The smallest absolute Gasteiger partial charge is 0.248 e. The number of ether oxygens (including phenoxy) is 1. The van der Waals surface area contributed by atoms with E-state index >= 15 is 0 Å². The lowest BCUT2D eigenvalue weighted by Gasteiger charge is -2.45. The van der Waals surface area contributed by atoms with Gasteiger partial charge in [-0.25, -0.2) is 0 Å². The van der Waals surface area contributed by atoms with Crippen molar-refractivity contribution in [3.05, 3.63) is 35.9 Å². The number of carbonyl (C=O) groups is 3. The van der Waals surface area contributed by atoms with E-state index in [-0.39, 0.29) is 36.3 Å². The number of carbonyl (C=O) groups excluding carboxylic acids is 3. The maximum Gasteiger partial charge on any atom is 0.248 e. The first-order valence-corrected chi connectivity index (χ1v) is 9.25. The van der Waals surface area contributed by atoms with E-state index in [1.54, 1.807) is 11.8 Å². The average Bonchev–Trinajstić information content (AvgIpc) is 2.96. The summed E-state index contributed by atoms with van der Waals surface area (Å²) in [5, 5.41) is 3.13. The van der Waals surface area contributed by atoms with Gasteiger partial charge in [0.1, 0.15) is 6.61 Å². The first-order valence-electron chi connectivity index (χ1n) is 9.25. The molecule has 3 atom stereocenters. The molecule has 2 fully saturated rings. The van der Waals surface area contributed by atoms with Crippen molar-refractivity contribution >= 4 is 17.7 Å². The second-order valence-corrected chi connectivity index (χ2v) is 7.47. The maximum atomic E-state index is 12.4. The van der Waals surface area contributed by atoms with Crippen LogP contribution in [-0.2, 0) is 19.1 Å². The number of hydrogen-bond acceptors (Lipinski definition) is 4.